The molecule has 0 unspecified atom stereocenters. The molecule has 1 aromatic heterocycles. The highest BCUT2D eigenvalue weighted by molar-refractivity contribution is 5.71. The van der Waals surface area contributed by atoms with Gasteiger partial charge in [-0.05, 0) is 38.6 Å². The van der Waals surface area contributed by atoms with Crippen LogP contribution in [0.25, 0.3) is 11.1 Å². The van der Waals surface area contributed by atoms with Gasteiger partial charge in [0.1, 0.15) is 5.75 Å². The van der Waals surface area contributed by atoms with Gasteiger partial charge in [0.05, 0.1) is 19.0 Å². The minimum Gasteiger partial charge on any atom is -0.493 e. The smallest absolute Gasteiger partial charge is 0.130 e. The second-order valence-electron chi connectivity index (χ2n) is 4.38. The molecule has 0 amide bonds. The van der Waals surface area contributed by atoms with Gasteiger partial charge in [-0.15, -0.1) is 0 Å². The largest absolute Gasteiger partial charge is 0.493 e. The molecule has 19 heavy (non-hydrogen) atoms. The molecule has 0 saturated carbocycles. The highest BCUT2D eigenvalue weighted by Crippen LogP contribution is 2.35. The lowest BCUT2D eigenvalue weighted by Gasteiger charge is -2.20. The van der Waals surface area contributed by atoms with E-state index < -0.39 is 0 Å². The van der Waals surface area contributed by atoms with Crippen LogP contribution >= 0.6 is 0 Å². The number of aryl methyl sites for hydroxylation is 1. The first-order valence-electron chi connectivity index (χ1n) is 6.47. The molecular formula is C15H19N3O. The molecule has 1 aliphatic heterocycles. The van der Waals surface area contributed by atoms with Crippen molar-refractivity contribution in [3.63, 3.8) is 0 Å². The van der Waals surface area contributed by atoms with Crippen LogP contribution in [0.15, 0.2) is 36.7 Å². The van der Waals surface area contributed by atoms with Gasteiger partial charge < -0.3 is 10.1 Å². The Labute approximate surface area is 113 Å². The second kappa shape index (κ2) is 6.85. The minimum absolute atomic E-state index is 0.808. The summed E-state index contributed by atoms with van der Waals surface area (Å²) in [5, 5.41) is 10.4. The van der Waals surface area contributed by atoms with E-state index in [1.54, 1.807) is 12.4 Å². The predicted octanol–water partition coefficient (Wildman–Crippen LogP) is 2.30. The molecule has 4 nitrogen and oxygen atoms in total. The topological polar surface area (TPSA) is 47.0 Å². The average molecular weight is 257 g/mol. The van der Waals surface area contributed by atoms with E-state index >= 15 is 0 Å². The highest BCUT2D eigenvalue weighted by Gasteiger charge is 2.15. The van der Waals surface area contributed by atoms with Crippen molar-refractivity contribution < 1.29 is 4.74 Å². The van der Waals surface area contributed by atoms with Gasteiger partial charge in [-0.25, -0.2) is 0 Å². The summed E-state index contributed by atoms with van der Waals surface area (Å²) in [6.07, 6.45) is 5.68. The van der Waals surface area contributed by atoms with Crippen LogP contribution in [0.4, 0.5) is 0 Å². The van der Waals surface area contributed by atoms with Crippen LogP contribution in [0.1, 0.15) is 12.0 Å². The van der Waals surface area contributed by atoms with E-state index in [0.29, 0.717) is 0 Å². The Morgan fingerprint density at radius 1 is 1.16 bits per heavy atom. The van der Waals surface area contributed by atoms with Crippen LogP contribution in [0.3, 0.4) is 0 Å². The fraction of sp³-hybridized carbons (Fsp3) is 0.333. The van der Waals surface area contributed by atoms with E-state index in [4.69, 9.17) is 4.74 Å². The van der Waals surface area contributed by atoms with Crippen molar-refractivity contribution in [1.29, 1.82) is 0 Å². The van der Waals surface area contributed by atoms with Gasteiger partial charge in [-0.1, -0.05) is 18.2 Å². The number of rotatable bonds is 1. The molecule has 0 fully saturated rings. The van der Waals surface area contributed by atoms with Crippen LogP contribution in [0.2, 0.25) is 0 Å². The van der Waals surface area contributed by atoms with Crippen molar-refractivity contribution in [3.8, 4) is 16.9 Å². The molecule has 3 rings (SSSR count). The van der Waals surface area contributed by atoms with Gasteiger partial charge in [0.15, 0.2) is 0 Å². The maximum Gasteiger partial charge on any atom is 0.130 e. The molecule has 1 aromatic carbocycles. The van der Waals surface area contributed by atoms with Gasteiger partial charge in [0.2, 0.25) is 0 Å². The Hall–Kier alpha value is -1.94. The molecule has 0 bridgehead atoms. The molecule has 1 N–H and O–H groups in total. The van der Waals surface area contributed by atoms with E-state index in [9.17, 15) is 0 Å². The summed E-state index contributed by atoms with van der Waals surface area (Å²) >= 11 is 0. The van der Waals surface area contributed by atoms with Crippen molar-refractivity contribution >= 4 is 0 Å². The van der Waals surface area contributed by atoms with Crippen LogP contribution < -0.4 is 10.1 Å². The summed E-state index contributed by atoms with van der Waals surface area (Å²) in [6, 6.07) is 8.23. The highest BCUT2D eigenvalue weighted by atomic mass is 16.5. The summed E-state index contributed by atoms with van der Waals surface area (Å²) < 4.78 is 5.76. The predicted molar refractivity (Wildman–Crippen MR) is 76.3 cm³/mol. The van der Waals surface area contributed by atoms with Gasteiger partial charge in [-0.2, -0.15) is 10.2 Å². The van der Waals surface area contributed by atoms with Crippen molar-refractivity contribution in [3.05, 3.63) is 42.2 Å². The van der Waals surface area contributed by atoms with E-state index in [1.165, 1.54) is 5.56 Å². The molecular weight excluding hydrogens is 238 g/mol. The van der Waals surface area contributed by atoms with Gasteiger partial charge in [-0.3, -0.25) is 0 Å². The quantitative estimate of drug-likeness (QED) is 0.851. The Kier molecular flexibility index (Phi) is 4.86. The molecule has 100 valence electrons. The third-order valence-corrected chi connectivity index (χ3v) is 2.83. The van der Waals surface area contributed by atoms with Gasteiger partial charge >= 0.3 is 0 Å². The van der Waals surface area contributed by atoms with Crippen LogP contribution in [0.5, 0.6) is 5.75 Å². The fourth-order valence-corrected chi connectivity index (χ4v) is 2.07. The van der Waals surface area contributed by atoms with Crippen LogP contribution in [-0.4, -0.2) is 30.9 Å². The number of nitrogens with zero attached hydrogens (tertiary/aromatic N) is 2. The number of ether oxygens (including phenoxy) is 1. The zero-order valence-electron chi connectivity index (χ0n) is 11.4. The number of aromatic nitrogens is 2. The average Bonchev–Trinajstić information content (AvgIpc) is 2.48. The Bertz CT molecular complexity index is 514. The van der Waals surface area contributed by atoms with Crippen molar-refractivity contribution in [2.45, 2.75) is 12.8 Å². The van der Waals surface area contributed by atoms with Crippen LogP contribution in [-0.2, 0) is 6.42 Å². The van der Waals surface area contributed by atoms with E-state index in [1.807, 2.05) is 20.2 Å². The van der Waals surface area contributed by atoms with Crippen molar-refractivity contribution in [2.75, 3.05) is 20.7 Å². The molecule has 0 saturated heterocycles. The number of para-hydroxylation sites is 1. The van der Waals surface area contributed by atoms with Crippen molar-refractivity contribution in [2.24, 2.45) is 0 Å². The zero-order chi connectivity index (χ0) is 13.5. The number of benzene rings is 1. The summed E-state index contributed by atoms with van der Waals surface area (Å²) in [7, 11) is 3.75. The SMILES string of the molecule is CNC.c1cc2c(c(-c3ccnnc3)c1)OCCC2. The van der Waals surface area contributed by atoms with Crippen molar-refractivity contribution in [1.82, 2.24) is 15.5 Å². The maximum absolute atomic E-state index is 5.76. The first-order valence-corrected chi connectivity index (χ1v) is 6.47. The lowest BCUT2D eigenvalue weighted by molar-refractivity contribution is 0.289. The number of fused-ring (bicyclic) bond motifs is 1. The Balaban J connectivity index is 0.000000408. The first kappa shape index (κ1) is 13.5. The van der Waals surface area contributed by atoms with Gasteiger partial charge in [0.25, 0.3) is 0 Å². The second-order valence-corrected chi connectivity index (χ2v) is 4.38. The summed E-state index contributed by atoms with van der Waals surface area (Å²) in [6.45, 7) is 0.808. The molecule has 2 aromatic rings. The molecule has 1 aliphatic rings. The zero-order valence-corrected chi connectivity index (χ0v) is 11.4. The third kappa shape index (κ3) is 3.29. The molecule has 0 spiro atoms. The fourth-order valence-electron chi connectivity index (χ4n) is 2.07. The normalized spacial score (nSPS) is 12.7. The number of hydrogen-bond acceptors (Lipinski definition) is 4. The minimum atomic E-state index is 0.808. The van der Waals surface area contributed by atoms with Gasteiger partial charge in [0, 0.05) is 11.1 Å². The van der Waals surface area contributed by atoms with E-state index in [2.05, 4.69) is 33.7 Å². The monoisotopic (exact) mass is 257 g/mol. The maximum atomic E-state index is 5.76. The lowest BCUT2D eigenvalue weighted by Crippen LogP contribution is -2.09. The Morgan fingerprint density at radius 2 is 2.00 bits per heavy atom. The summed E-state index contributed by atoms with van der Waals surface area (Å²) in [5.74, 6) is 1.02. The third-order valence-electron chi connectivity index (χ3n) is 2.83. The molecule has 0 atom stereocenters. The lowest BCUT2D eigenvalue weighted by atomic mass is 9.99. The van der Waals surface area contributed by atoms with E-state index in [0.717, 1.165) is 36.3 Å². The standard InChI is InChI=1S/C13H12N2O.C2H7N/c1-3-10-4-2-8-16-13(10)12(5-1)11-6-7-14-15-9-11;1-3-2/h1,3,5-7,9H,2,4,8H2;3H,1-2H3. The molecule has 2 heterocycles. The summed E-state index contributed by atoms with van der Waals surface area (Å²) in [4.78, 5) is 0. The molecule has 4 heteroatoms. The number of nitrogens with one attached hydrogen (secondary N) is 1. The number of hydrogen-bond donors (Lipinski definition) is 1. The first-order chi connectivity index (χ1) is 9.36. The molecule has 0 aliphatic carbocycles. The Morgan fingerprint density at radius 3 is 2.74 bits per heavy atom. The molecule has 0 radical (unpaired) electrons. The van der Waals surface area contributed by atoms with Crippen LogP contribution in [0, 0.1) is 0 Å². The van der Waals surface area contributed by atoms with E-state index in [-0.39, 0.29) is 0 Å². The summed E-state index contributed by atoms with van der Waals surface area (Å²) in [5.41, 5.74) is 3.47.